The number of aliphatic carboxylic acids is 1. The Morgan fingerprint density at radius 1 is 0.429 bits per heavy atom. The third-order valence-corrected chi connectivity index (χ3v) is 20.5. The summed E-state index contributed by atoms with van der Waals surface area (Å²) in [7, 11) is 0. The molecule has 15 rings (SSSR count). The van der Waals surface area contributed by atoms with Crippen molar-refractivity contribution in [2.45, 2.75) is 145 Å². The first-order chi connectivity index (χ1) is 46.8. The summed E-state index contributed by atoms with van der Waals surface area (Å²) >= 11 is 0. The summed E-state index contributed by atoms with van der Waals surface area (Å²) in [4.78, 5) is 31.9. The number of rotatable bonds is 9. The van der Waals surface area contributed by atoms with Gasteiger partial charge in [-0.15, -0.1) is 0 Å². The number of nitrogens with one attached hydrogen (secondary N) is 2. The number of carbonyl (C=O) groups is 1. The van der Waals surface area contributed by atoms with Gasteiger partial charge in [-0.3, -0.25) is 0 Å². The number of hydrogen-bond acceptors (Lipinski definition) is 4. The second-order valence-corrected chi connectivity index (χ2v) is 30.9. The van der Waals surface area contributed by atoms with E-state index < -0.39 is 5.97 Å². The summed E-state index contributed by atoms with van der Waals surface area (Å²) in [6.07, 6.45) is 10.1. The van der Waals surface area contributed by atoms with Gasteiger partial charge in [0.25, 0.3) is 0 Å². The molecule has 0 fully saturated rings. The van der Waals surface area contributed by atoms with Crippen LogP contribution >= 0.6 is 0 Å². The third-order valence-electron chi connectivity index (χ3n) is 20.5. The van der Waals surface area contributed by atoms with E-state index in [1.807, 2.05) is 30.3 Å². The molecule has 10 heteroatoms. The van der Waals surface area contributed by atoms with Crippen LogP contribution < -0.4 is 0 Å². The van der Waals surface area contributed by atoms with Crippen molar-refractivity contribution in [1.29, 1.82) is 5.26 Å². The number of nitrogens with zero attached hydrogens (tertiary/aromatic N) is 6. The van der Waals surface area contributed by atoms with Crippen LogP contribution in [0, 0.1) is 11.3 Å². The van der Waals surface area contributed by atoms with Gasteiger partial charge in [0.2, 0.25) is 0 Å². The van der Waals surface area contributed by atoms with Crippen molar-refractivity contribution in [2.75, 3.05) is 0 Å². The number of carboxylic acid groups (broad SMARTS) is 1. The van der Waals surface area contributed by atoms with Crippen LogP contribution in [-0.4, -0.2) is 44.7 Å². The van der Waals surface area contributed by atoms with Crippen LogP contribution in [-0.2, 0) is 46.1 Å². The number of aromatic nitrogens is 7. The summed E-state index contributed by atoms with van der Waals surface area (Å²) < 4.78 is 7.69. The van der Waals surface area contributed by atoms with Gasteiger partial charge < -0.3 is 28.8 Å². The highest BCUT2D eigenvalue weighted by atomic mass is 16.4. The fourth-order valence-electron chi connectivity index (χ4n) is 15.3. The van der Waals surface area contributed by atoms with Crippen LogP contribution in [0.15, 0.2) is 157 Å². The Hall–Kier alpha value is -10.8. The maximum atomic E-state index is 12.1. The normalized spacial score (nSPS) is 13.2. The smallest absolute Gasteiger partial charge is 0.346 e. The molecule has 0 atom stereocenters. The zero-order chi connectivity index (χ0) is 68.8. The quantitative estimate of drug-likeness (QED) is 0.0978. The number of hydrogen-bond donors (Lipinski definition) is 3. The van der Waals surface area contributed by atoms with Gasteiger partial charge in [0.15, 0.2) is 0 Å². The van der Waals surface area contributed by atoms with Gasteiger partial charge in [0, 0.05) is 113 Å². The average Bonchev–Trinajstić information content (AvgIpc) is 1.51. The highest BCUT2D eigenvalue weighted by molar-refractivity contribution is 6.39. The molecule has 0 aliphatic carbocycles. The number of aryl methyl sites for hydroxylation is 3. The van der Waals surface area contributed by atoms with E-state index in [4.69, 9.17) is 9.97 Å². The molecule has 13 aromatic rings. The molecule has 8 bridgehead atoms. The molecule has 0 spiro atoms. The molecule has 7 aromatic carbocycles. The Morgan fingerprint density at radius 2 is 0.765 bits per heavy atom. The number of aromatic amines is 2. The molecule has 0 amide bonds. The van der Waals surface area contributed by atoms with Crippen LogP contribution in [0.3, 0.4) is 0 Å². The SMILES string of the molecule is CCn1c2ccccc2c2c1c1c3ccc(-c4c5nc(c(-c6cc(C(C)(C)C)cc(C(C)(C)C)c6)c6ccc([nH]6)c(-c6ccc(/C=C(/C#N)C(=O)O)cc6)c6nc(c(-c7cc(C(C)(C)C)cc(C(C)(C)C)c7)c7ccc4[nH]7)C=C6)C=C5)cc3n(CC)c1c1c3ccccc3n(CC)c21. The van der Waals surface area contributed by atoms with Gasteiger partial charge in [-0.05, 0) is 165 Å². The van der Waals surface area contributed by atoms with Crippen LogP contribution in [0.1, 0.15) is 154 Å². The van der Waals surface area contributed by atoms with Gasteiger partial charge >= 0.3 is 5.97 Å². The van der Waals surface area contributed by atoms with E-state index in [9.17, 15) is 15.2 Å². The summed E-state index contributed by atoms with van der Waals surface area (Å²) in [5.41, 5.74) is 26.4. The van der Waals surface area contributed by atoms with Crippen LogP contribution in [0.2, 0.25) is 0 Å². The van der Waals surface area contributed by atoms with Crippen molar-refractivity contribution in [2.24, 2.45) is 0 Å². The van der Waals surface area contributed by atoms with Crippen molar-refractivity contribution >= 4 is 124 Å². The van der Waals surface area contributed by atoms with Gasteiger partial charge in [-0.2, -0.15) is 5.26 Å². The zero-order valence-electron chi connectivity index (χ0n) is 59.0. The Bertz CT molecular complexity index is 5740. The van der Waals surface area contributed by atoms with E-state index in [1.54, 1.807) is 0 Å². The Labute approximate surface area is 573 Å². The molecule has 0 radical (unpaired) electrons. The molecule has 0 saturated carbocycles. The number of para-hydroxylation sites is 2. The number of fused-ring (bicyclic) bond motifs is 20. The molecule has 6 aromatic heterocycles. The van der Waals surface area contributed by atoms with Crippen molar-refractivity contribution in [1.82, 2.24) is 33.6 Å². The Kier molecular flexibility index (Phi) is 14.8. The lowest BCUT2D eigenvalue weighted by molar-refractivity contribution is -0.132. The standard InChI is InChI=1S/C88H84N8O2/c1-16-94-72-26-22-20-24-61(72)79-81(94)78-60-23-19-21-25-71(60)95(17-2)82(78)80-62-32-31-52(46-73(62)96(18-3)83(79)80)75-65-35-39-69(92-65)76(53-42-56(85(4,5)6)47-57(43-53)86(7,8)9)67-37-33-63(90-67)74(51-29-27-50(28-30-51)41-55(49-89)84(97)98)64-34-38-68(91-64)77(70-40-36-66(75)93-70)54-44-58(87(10,11)12)48-59(45-54)88(13,14)15/h19-48,90,93H,16-18H2,1-15H3,(H,97,98)/b55-41-,74-63?,74-64?,75-65?,75-66?,76-67?,76-69?,77-68?,77-70?. The fourth-order valence-corrected chi connectivity index (χ4v) is 15.3. The predicted octanol–water partition coefficient (Wildman–Crippen LogP) is 22.9. The van der Waals surface area contributed by atoms with Gasteiger partial charge in [0.05, 0.1) is 39.3 Å². The van der Waals surface area contributed by atoms with Crippen LogP contribution in [0.4, 0.5) is 0 Å². The topological polar surface area (TPSA) is 133 Å². The van der Waals surface area contributed by atoms with Gasteiger partial charge in [-0.25, -0.2) is 14.8 Å². The van der Waals surface area contributed by atoms with Gasteiger partial charge in [-0.1, -0.05) is 192 Å². The molecule has 98 heavy (non-hydrogen) atoms. The monoisotopic (exact) mass is 1280 g/mol. The van der Waals surface area contributed by atoms with E-state index >= 15 is 0 Å². The lowest BCUT2D eigenvalue weighted by Crippen LogP contribution is -2.16. The summed E-state index contributed by atoms with van der Waals surface area (Å²) in [6, 6.07) is 57.7. The first kappa shape index (κ1) is 63.3. The molecular formula is C88H84N8O2. The molecule has 2 aliphatic heterocycles. The van der Waals surface area contributed by atoms with Crippen LogP contribution in [0.5, 0.6) is 0 Å². The Balaban J connectivity index is 1.11. The number of carboxylic acids is 1. The molecule has 0 unspecified atom stereocenters. The van der Waals surface area contributed by atoms with Crippen molar-refractivity contribution < 1.29 is 9.90 Å². The van der Waals surface area contributed by atoms with E-state index in [-0.39, 0.29) is 27.2 Å². The van der Waals surface area contributed by atoms with E-state index in [0.29, 0.717) is 5.56 Å². The van der Waals surface area contributed by atoms with Crippen molar-refractivity contribution in [3.8, 4) is 50.6 Å². The first-order valence-corrected chi connectivity index (χ1v) is 34.6. The molecule has 488 valence electrons. The molecule has 2 aliphatic rings. The van der Waals surface area contributed by atoms with Gasteiger partial charge in [0.1, 0.15) is 11.6 Å². The maximum absolute atomic E-state index is 12.1. The molecule has 0 saturated heterocycles. The van der Waals surface area contributed by atoms with Crippen molar-refractivity contribution in [3.05, 3.63) is 208 Å². The number of nitriles is 1. The number of benzene rings is 7. The summed E-state index contributed by atoms with van der Waals surface area (Å²) in [6.45, 7) is 36.7. The summed E-state index contributed by atoms with van der Waals surface area (Å²) in [5, 5.41) is 27.2. The first-order valence-electron chi connectivity index (χ1n) is 34.6. The fraction of sp³-hybridized carbons (Fsp3) is 0.250. The minimum atomic E-state index is -1.27. The van der Waals surface area contributed by atoms with E-state index in [2.05, 4.69) is 279 Å². The van der Waals surface area contributed by atoms with Crippen molar-refractivity contribution in [3.63, 3.8) is 0 Å². The minimum absolute atomic E-state index is 0.176. The summed E-state index contributed by atoms with van der Waals surface area (Å²) in [5.74, 6) is -1.27. The average molecular weight is 1290 g/mol. The highest BCUT2D eigenvalue weighted by Crippen LogP contribution is 2.50. The number of H-pyrrole nitrogens is 2. The molecular weight excluding hydrogens is 1200 g/mol. The second-order valence-electron chi connectivity index (χ2n) is 30.9. The minimum Gasteiger partial charge on any atom is -0.477 e. The maximum Gasteiger partial charge on any atom is 0.346 e. The third kappa shape index (κ3) is 10.3. The molecule has 10 nitrogen and oxygen atoms in total. The van der Waals surface area contributed by atoms with E-state index in [1.165, 1.54) is 88.2 Å². The lowest BCUT2D eigenvalue weighted by atomic mass is 9.78. The molecule has 3 N–H and O–H groups in total. The zero-order valence-corrected chi connectivity index (χ0v) is 59.0. The largest absolute Gasteiger partial charge is 0.477 e. The molecule has 8 heterocycles. The van der Waals surface area contributed by atoms with Crippen LogP contribution in [0.25, 0.3) is 162 Å². The second kappa shape index (κ2) is 22.9. The Morgan fingerprint density at radius 3 is 1.12 bits per heavy atom. The predicted molar refractivity (Wildman–Crippen MR) is 413 cm³/mol. The lowest BCUT2D eigenvalue weighted by Gasteiger charge is -2.26. The van der Waals surface area contributed by atoms with E-state index in [0.717, 1.165) is 115 Å². The highest BCUT2D eigenvalue weighted by Gasteiger charge is 2.30.